The van der Waals surface area contributed by atoms with Gasteiger partial charge in [-0.25, -0.2) is 4.98 Å². The van der Waals surface area contributed by atoms with Crippen molar-refractivity contribution in [1.29, 1.82) is 0 Å². The Morgan fingerprint density at radius 3 is 2.63 bits per heavy atom. The lowest BCUT2D eigenvalue weighted by Crippen LogP contribution is -2.11. The van der Waals surface area contributed by atoms with Crippen LogP contribution in [0.4, 0.5) is 0 Å². The van der Waals surface area contributed by atoms with Gasteiger partial charge in [0.25, 0.3) is 0 Å². The summed E-state index contributed by atoms with van der Waals surface area (Å²) in [5.74, 6) is 1.07. The molecule has 0 atom stereocenters. The standard InChI is InChI=1S/C16H23N3/c1-11-6-7-12(2)14(10-11)16-18-15(8-9-17-4)13(3)19(16)5/h6-7,10,17H,8-9H2,1-5H3. The predicted octanol–water partition coefficient (Wildman–Crippen LogP) is 2.77. The molecule has 2 rings (SSSR count). The van der Waals surface area contributed by atoms with E-state index in [2.05, 4.69) is 55.9 Å². The minimum atomic E-state index is 0.962. The molecular weight excluding hydrogens is 234 g/mol. The van der Waals surface area contributed by atoms with E-state index in [-0.39, 0.29) is 0 Å². The van der Waals surface area contributed by atoms with Crippen molar-refractivity contribution in [2.75, 3.05) is 13.6 Å². The second-order valence-electron chi connectivity index (χ2n) is 5.20. The number of aromatic nitrogens is 2. The summed E-state index contributed by atoms with van der Waals surface area (Å²) in [5, 5.41) is 3.18. The Hall–Kier alpha value is -1.61. The largest absolute Gasteiger partial charge is 0.331 e. The molecule has 0 amide bonds. The van der Waals surface area contributed by atoms with E-state index in [1.54, 1.807) is 0 Å². The monoisotopic (exact) mass is 257 g/mol. The van der Waals surface area contributed by atoms with Crippen molar-refractivity contribution < 1.29 is 0 Å². The fourth-order valence-corrected chi connectivity index (χ4v) is 2.33. The SMILES string of the molecule is CNCCc1nc(-c2cc(C)ccc2C)n(C)c1C. The fraction of sp³-hybridized carbons (Fsp3) is 0.438. The third kappa shape index (κ3) is 2.71. The summed E-state index contributed by atoms with van der Waals surface area (Å²) >= 11 is 0. The van der Waals surface area contributed by atoms with Crippen molar-refractivity contribution in [2.45, 2.75) is 27.2 Å². The van der Waals surface area contributed by atoms with Gasteiger partial charge >= 0.3 is 0 Å². The molecule has 0 saturated heterocycles. The number of benzene rings is 1. The van der Waals surface area contributed by atoms with Gasteiger partial charge in [0.1, 0.15) is 5.82 Å². The van der Waals surface area contributed by atoms with Gasteiger partial charge in [0.05, 0.1) is 5.69 Å². The van der Waals surface area contributed by atoms with Crippen LogP contribution in [0.25, 0.3) is 11.4 Å². The molecule has 0 radical (unpaired) electrons. The van der Waals surface area contributed by atoms with Gasteiger partial charge in [-0.05, 0) is 39.4 Å². The van der Waals surface area contributed by atoms with Crippen molar-refractivity contribution in [3.63, 3.8) is 0 Å². The van der Waals surface area contributed by atoms with Gasteiger partial charge in [-0.1, -0.05) is 17.7 Å². The maximum Gasteiger partial charge on any atom is 0.140 e. The van der Waals surface area contributed by atoms with E-state index in [1.165, 1.54) is 28.1 Å². The first kappa shape index (κ1) is 13.8. The van der Waals surface area contributed by atoms with Crippen LogP contribution >= 0.6 is 0 Å². The van der Waals surface area contributed by atoms with Gasteiger partial charge in [0.2, 0.25) is 0 Å². The highest BCUT2D eigenvalue weighted by Gasteiger charge is 2.14. The molecule has 0 fully saturated rings. The van der Waals surface area contributed by atoms with Crippen molar-refractivity contribution in [3.05, 3.63) is 40.7 Å². The van der Waals surface area contributed by atoms with E-state index in [9.17, 15) is 0 Å². The van der Waals surface area contributed by atoms with Crippen molar-refractivity contribution >= 4 is 0 Å². The summed E-state index contributed by atoms with van der Waals surface area (Å²) in [7, 11) is 4.08. The minimum absolute atomic E-state index is 0.962. The quantitative estimate of drug-likeness (QED) is 0.912. The van der Waals surface area contributed by atoms with E-state index in [1.807, 2.05) is 7.05 Å². The van der Waals surface area contributed by atoms with Crippen LogP contribution in [0, 0.1) is 20.8 Å². The van der Waals surface area contributed by atoms with Crippen LogP contribution in [0.1, 0.15) is 22.5 Å². The average molecular weight is 257 g/mol. The molecule has 2 aromatic rings. The van der Waals surface area contributed by atoms with Crippen molar-refractivity contribution in [2.24, 2.45) is 7.05 Å². The Balaban J connectivity index is 2.47. The van der Waals surface area contributed by atoms with Gasteiger partial charge in [0.15, 0.2) is 0 Å². The van der Waals surface area contributed by atoms with Crippen LogP contribution in [-0.4, -0.2) is 23.1 Å². The van der Waals surface area contributed by atoms with Crippen LogP contribution in [-0.2, 0) is 13.5 Å². The van der Waals surface area contributed by atoms with Crippen LogP contribution in [0.3, 0.4) is 0 Å². The van der Waals surface area contributed by atoms with Crippen LogP contribution < -0.4 is 5.32 Å². The zero-order chi connectivity index (χ0) is 14.0. The van der Waals surface area contributed by atoms with Crippen LogP contribution in [0.5, 0.6) is 0 Å². The zero-order valence-corrected chi connectivity index (χ0v) is 12.5. The normalized spacial score (nSPS) is 11.0. The maximum atomic E-state index is 4.84. The number of imidazole rings is 1. The highest BCUT2D eigenvalue weighted by atomic mass is 15.1. The molecule has 1 N–H and O–H groups in total. The van der Waals surface area contributed by atoms with E-state index in [4.69, 9.17) is 4.98 Å². The highest BCUT2D eigenvalue weighted by Crippen LogP contribution is 2.25. The van der Waals surface area contributed by atoms with E-state index >= 15 is 0 Å². The van der Waals surface area contributed by atoms with Gasteiger partial charge in [-0.15, -0.1) is 0 Å². The summed E-state index contributed by atoms with van der Waals surface area (Å²) in [6.45, 7) is 7.38. The summed E-state index contributed by atoms with van der Waals surface area (Å²) in [5.41, 5.74) is 6.23. The molecule has 0 saturated carbocycles. The smallest absolute Gasteiger partial charge is 0.140 e. The first-order valence-electron chi connectivity index (χ1n) is 6.79. The Bertz CT molecular complexity index is 582. The topological polar surface area (TPSA) is 29.9 Å². The average Bonchev–Trinajstić information content (AvgIpc) is 2.67. The zero-order valence-electron chi connectivity index (χ0n) is 12.5. The summed E-state index contributed by atoms with van der Waals surface area (Å²) in [4.78, 5) is 4.84. The molecule has 102 valence electrons. The van der Waals surface area contributed by atoms with Crippen molar-refractivity contribution in [1.82, 2.24) is 14.9 Å². The number of hydrogen-bond acceptors (Lipinski definition) is 2. The fourth-order valence-electron chi connectivity index (χ4n) is 2.33. The molecule has 0 aliphatic carbocycles. The molecule has 0 aliphatic heterocycles. The van der Waals surface area contributed by atoms with E-state index < -0.39 is 0 Å². The number of aryl methyl sites for hydroxylation is 2. The third-order valence-electron chi connectivity index (χ3n) is 3.73. The highest BCUT2D eigenvalue weighted by molar-refractivity contribution is 5.62. The first-order chi connectivity index (χ1) is 9.04. The molecule has 3 nitrogen and oxygen atoms in total. The maximum absolute atomic E-state index is 4.84. The molecular formula is C16H23N3. The summed E-state index contributed by atoms with van der Waals surface area (Å²) in [6.07, 6.45) is 0.973. The molecule has 1 aromatic heterocycles. The van der Waals surface area contributed by atoms with Gasteiger partial charge in [-0.3, -0.25) is 0 Å². The lowest BCUT2D eigenvalue weighted by Gasteiger charge is -2.07. The van der Waals surface area contributed by atoms with Gasteiger partial charge in [-0.2, -0.15) is 0 Å². The van der Waals surface area contributed by atoms with Gasteiger partial charge < -0.3 is 9.88 Å². The Morgan fingerprint density at radius 2 is 1.95 bits per heavy atom. The van der Waals surface area contributed by atoms with Crippen LogP contribution in [0.15, 0.2) is 18.2 Å². The Kier molecular flexibility index (Phi) is 4.05. The molecule has 0 bridgehead atoms. The third-order valence-corrected chi connectivity index (χ3v) is 3.73. The van der Waals surface area contributed by atoms with E-state index in [0.717, 1.165) is 18.8 Å². The minimum Gasteiger partial charge on any atom is -0.331 e. The van der Waals surface area contributed by atoms with Gasteiger partial charge in [0, 0.05) is 31.3 Å². The lowest BCUT2D eigenvalue weighted by atomic mass is 10.1. The number of nitrogens with zero attached hydrogens (tertiary/aromatic N) is 2. The predicted molar refractivity (Wildman–Crippen MR) is 80.5 cm³/mol. The summed E-state index contributed by atoms with van der Waals surface area (Å²) in [6, 6.07) is 6.54. The number of nitrogens with one attached hydrogen (secondary N) is 1. The molecule has 1 aromatic carbocycles. The Labute approximate surface area is 115 Å². The Morgan fingerprint density at radius 1 is 1.21 bits per heavy atom. The molecule has 1 heterocycles. The second kappa shape index (κ2) is 5.57. The first-order valence-corrected chi connectivity index (χ1v) is 6.79. The van der Waals surface area contributed by atoms with Crippen molar-refractivity contribution in [3.8, 4) is 11.4 Å². The molecule has 0 unspecified atom stereocenters. The van der Waals surface area contributed by atoms with E-state index in [0.29, 0.717) is 0 Å². The molecule has 0 aliphatic rings. The number of hydrogen-bond donors (Lipinski definition) is 1. The summed E-state index contributed by atoms with van der Waals surface area (Å²) < 4.78 is 2.20. The number of rotatable bonds is 4. The number of likely N-dealkylation sites (N-methyl/N-ethyl adjacent to an activating group) is 1. The molecule has 19 heavy (non-hydrogen) atoms. The molecule has 3 heteroatoms. The lowest BCUT2D eigenvalue weighted by molar-refractivity contribution is 0.772. The molecule has 0 spiro atoms. The van der Waals surface area contributed by atoms with Crippen LogP contribution in [0.2, 0.25) is 0 Å². The second-order valence-corrected chi connectivity index (χ2v) is 5.20.